The number of aldehydes is 1. The largest absolute Gasteiger partial charge is 0.471 e. The smallest absolute Gasteiger partial charge is 0.232 e. The van der Waals surface area contributed by atoms with Gasteiger partial charge in [-0.05, 0) is 35.9 Å². The number of nitrogens with zero attached hydrogens (tertiary/aromatic N) is 2. The van der Waals surface area contributed by atoms with Crippen molar-refractivity contribution in [3.8, 4) is 5.88 Å². The van der Waals surface area contributed by atoms with Crippen LogP contribution in [-0.4, -0.2) is 30.5 Å². The molecule has 2 heterocycles. The number of halogens is 2. The molecule has 0 amide bonds. The summed E-state index contributed by atoms with van der Waals surface area (Å²) in [6.45, 7) is 1.63. The van der Waals surface area contributed by atoms with E-state index in [1.54, 1.807) is 18.3 Å². The van der Waals surface area contributed by atoms with Crippen LogP contribution in [0.25, 0.3) is 0 Å². The summed E-state index contributed by atoms with van der Waals surface area (Å²) in [5, 5.41) is 0.524. The normalized spacial score (nSPS) is 17.3. The molecule has 3 rings (SSSR count). The maximum Gasteiger partial charge on any atom is 0.232 e. The van der Waals surface area contributed by atoms with Gasteiger partial charge in [0.1, 0.15) is 17.4 Å². The van der Waals surface area contributed by atoms with Gasteiger partial charge in [0.05, 0.1) is 6.54 Å². The van der Waals surface area contributed by atoms with Crippen molar-refractivity contribution in [1.29, 1.82) is 0 Å². The molecule has 2 aromatic rings. The molecule has 1 aliphatic heterocycles. The maximum atomic E-state index is 10.9. The van der Waals surface area contributed by atoms with Crippen molar-refractivity contribution in [2.75, 3.05) is 18.0 Å². The molecule has 1 aromatic heterocycles. The summed E-state index contributed by atoms with van der Waals surface area (Å²) in [6, 6.07) is 9.58. The number of carbonyl (C=O) groups excluding carboxylic acids is 1. The topological polar surface area (TPSA) is 42.4 Å². The van der Waals surface area contributed by atoms with Gasteiger partial charge < -0.3 is 14.4 Å². The van der Waals surface area contributed by atoms with Crippen LogP contribution in [-0.2, 0) is 11.2 Å². The molecule has 0 N–H and O–H groups in total. The van der Waals surface area contributed by atoms with Crippen molar-refractivity contribution < 1.29 is 9.53 Å². The van der Waals surface area contributed by atoms with E-state index in [1.165, 1.54) is 0 Å². The van der Waals surface area contributed by atoms with Crippen LogP contribution in [0.5, 0.6) is 5.88 Å². The molecule has 23 heavy (non-hydrogen) atoms. The van der Waals surface area contributed by atoms with Crippen LogP contribution in [0.15, 0.2) is 41.0 Å². The standard InChI is InChI=1S/C17H16BrClN2O2/c18-13-3-4-16(12(10-13)6-9-22)21-8-5-14(11-21)23-17-15(19)2-1-7-20-17/h1-4,7,9-10,14H,5-6,8,11H2/t14-/m0/s1. The van der Waals surface area contributed by atoms with Crippen LogP contribution in [0, 0.1) is 0 Å². The third-order valence-corrected chi connectivity index (χ3v) is 4.61. The third-order valence-electron chi connectivity index (χ3n) is 3.83. The molecular formula is C17H16BrClN2O2. The minimum absolute atomic E-state index is 0.0372. The number of aromatic nitrogens is 1. The first kappa shape index (κ1) is 16.3. The summed E-state index contributed by atoms with van der Waals surface area (Å²) in [7, 11) is 0. The average Bonchev–Trinajstić information content (AvgIpc) is 2.98. The van der Waals surface area contributed by atoms with Gasteiger partial charge in [-0.15, -0.1) is 0 Å². The van der Waals surface area contributed by atoms with E-state index in [0.29, 0.717) is 17.3 Å². The molecule has 0 unspecified atom stereocenters. The number of rotatable bonds is 5. The lowest BCUT2D eigenvalue weighted by atomic mass is 10.1. The van der Waals surface area contributed by atoms with Gasteiger partial charge in [-0.25, -0.2) is 4.98 Å². The lowest BCUT2D eigenvalue weighted by Gasteiger charge is -2.22. The number of pyridine rings is 1. The average molecular weight is 396 g/mol. The second-order valence-electron chi connectivity index (χ2n) is 5.41. The molecule has 1 atom stereocenters. The van der Waals surface area contributed by atoms with Crippen molar-refractivity contribution in [2.45, 2.75) is 18.9 Å². The van der Waals surface area contributed by atoms with E-state index < -0.39 is 0 Å². The van der Waals surface area contributed by atoms with Gasteiger partial charge in [0.15, 0.2) is 0 Å². The van der Waals surface area contributed by atoms with Crippen molar-refractivity contribution in [3.05, 3.63) is 51.6 Å². The lowest BCUT2D eigenvalue weighted by Crippen LogP contribution is -2.25. The Kier molecular flexibility index (Phi) is 5.18. The van der Waals surface area contributed by atoms with Crippen LogP contribution in [0.3, 0.4) is 0 Å². The van der Waals surface area contributed by atoms with Gasteiger partial charge in [0.2, 0.25) is 5.88 Å². The molecule has 0 bridgehead atoms. The minimum atomic E-state index is 0.0372. The molecule has 1 aliphatic rings. The molecule has 0 aliphatic carbocycles. The predicted molar refractivity (Wildman–Crippen MR) is 94.4 cm³/mol. The van der Waals surface area contributed by atoms with E-state index >= 15 is 0 Å². The zero-order valence-electron chi connectivity index (χ0n) is 12.4. The maximum absolute atomic E-state index is 10.9. The van der Waals surface area contributed by atoms with Crippen LogP contribution in [0.1, 0.15) is 12.0 Å². The van der Waals surface area contributed by atoms with Gasteiger partial charge in [-0.2, -0.15) is 0 Å². The Bertz CT molecular complexity index is 711. The summed E-state index contributed by atoms with van der Waals surface area (Å²) in [4.78, 5) is 17.3. The summed E-state index contributed by atoms with van der Waals surface area (Å²) in [6.07, 6.45) is 3.94. The Morgan fingerprint density at radius 3 is 3.09 bits per heavy atom. The number of anilines is 1. The Balaban J connectivity index is 1.73. The first-order valence-corrected chi connectivity index (χ1v) is 8.58. The highest BCUT2D eigenvalue weighted by Gasteiger charge is 2.26. The van der Waals surface area contributed by atoms with Gasteiger partial charge in [0, 0.05) is 35.7 Å². The van der Waals surface area contributed by atoms with E-state index in [0.717, 1.165) is 41.5 Å². The predicted octanol–water partition coefficient (Wildman–Crippen LogP) is 3.90. The second kappa shape index (κ2) is 7.32. The van der Waals surface area contributed by atoms with E-state index in [1.807, 2.05) is 18.2 Å². The highest BCUT2D eigenvalue weighted by Crippen LogP contribution is 2.30. The SMILES string of the molecule is O=CCc1cc(Br)ccc1N1CC[C@H](Oc2ncccc2Cl)C1. The van der Waals surface area contributed by atoms with Crippen molar-refractivity contribution in [3.63, 3.8) is 0 Å². The summed E-state index contributed by atoms with van der Waals surface area (Å²) < 4.78 is 6.90. The Hall–Kier alpha value is -1.59. The van der Waals surface area contributed by atoms with E-state index in [9.17, 15) is 4.79 Å². The molecule has 0 spiro atoms. The summed E-state index contributed by atoms with van der Waals surface area (Å²) in [5.74, 6) is 0.477. The van der Waals surface area contributed by atoms with E-state index in [-0.39, 0.29) is 6.10 Å². The van der Waals surface area contributed by atoms with Crippen molar-refractivity contribution in [2.24, 2.45) is 0 Å². The molecule has 4 nitrogen and oxygen atoms in total. The minimum Gasteiger partial charge on any atom is -0.471 e. The van der Waals surface area contributed by atoms with E-state index in [2.05, 4.69) is 25.8 Å². The number of ether oxygens (including phenoxy) is 1. The van der Waals surface area contributed by atoms with Crippen LogP contribution >= 0.6 is 27.5 Å². The number of hydrogen-bond donors (Lipinski definition) is 0. The lowest BCUT2D eigenvalue weighted by molar-refractivity contribution is -0.107. The van der Waals surface area contributed by atoms with Crippen molar-refractivity contribution in [1.82, 2.24) is 4.98 Å². The number of hydrogen-bond acceptors (Lipinski definition) is 4. The fourth-order valence-electron chi connectivity index (χ4n) is 2.77. The molecule has 120 valence electrons. The Morgan fingerprint density at radius 1 is 1.43 bits per heavy atom. The fourth-order valence-corrected chi connectivity index (χ4v) is 3.35. The second-order valence-corrected chi connectivity index (χ2v) is 6.73. The molecule has 1 saturated heterocycles. The highest BCUT2D eigenvalue weighted by molar-refractivity contribution is 9.10. The van der Waals surface area contributed by atoms with Crippen LogP contribution < -0.4 is 9.64 Å². The van der Waals surface area contributed by atoms with Gasteiger partial charge >= 0.3 is 0 Å². The fraction of sp³-hybridized carbons (Fsp3) is 0.294. The quantitative estimate of drug-likeness (QED) is 0.720. The summed E-state index contributed by atoms with van der Waals surface area (Å²) >= 11 is 9.55. The molecule has 0 radical (unpaired) electrons. The van der Waals surface area contributed by atoms with Gasteiger partial charge in [-0.1, -0.05) is 27.5 Å². The molecule has 1 aromatic carbocycles. The zero-order chi connectivity index (χ0) is 16.2. The van der Waals surface area contributed by atoms with Crippen LogP contribution in [0.4, 0.5) is 5.69 Å². The monoisotopic (exact) mass is 394 g/mol. The Labute approximate surface area is 148 Å². The van der Waals surface area contributed by atoms with Gasteiger partial charge in [0.25, 0.3) is 0 Å². The highest BCUT2D eigenvalue weighted by atomic mass is 79.9. The number of benzene rings is 1. The molecular weight excluding hydrogens is 380 g/mol. The molecule has 1 fully saturated rings. The molecule has 6 heteroatoms. The van der Waals surface area contributed by atoms with Crippen molar-refractivity contribution >= 4 is 39.5 Å². The van der Waals surface area contributed by atoms with E-state index in [4.69, 9.17) is 16.3 Å². The molecule has 0 saturated carbocycles. The first-order chi connectivity index (χ1) is 11.2. The first-order valence-electron chi connectivity index (χ1n) is 7.41. The zero-order valence-corrected chi connectivity index (χ0v) is 14.8. The summed E-state index contributed by atoms with van der Waals surface area (Å²) in [5.41, 5.74) is 2.10. The number of carbonyl (C=O) groups is 1. The Morgan fingerprint density at radius 2 is 2.30 bits per heavy atom. The third kappa shape index (κ3) is 3.85. The van der Waals surface area contributed by atoms with Gasteiger partial charge in [-0.3, -0.25) is 0 Å². The van der Waals surface area contributed by atoms with Crippen LogP contribution in [0.2, 0.25) is 5.02 Å².